The second-order valence-corrected chi connectivity index (χ2v) is 7.08. The van der Waals surface area contributed by atoms with Crippen molar-refractivity contribution in [2.75, 3.05) is 20.6 Å². The van der Waals surface area contributed by atoms with E-state index in [2.05, 4.69) is 16.0 Å². The molecule has 0 aliphatic carbocycles. The third kappa shape index (κ3) is 5.67. The Balaban J connectivity index is 2.79. The average Bonchev–Trinajstić information content (AvgIpc) is 3.13. The van der Waals surface area contributed by atoms with E-state index in [1.54, 1.807) is 20.8 Å². The van der Waals surface area contributed by atoms with Crippen LogP contribution in [0.1, 0.15) is 40.5 Å². The highest BCUT2D eigenvalue weighted by Gasteiger charge is 2.39. The second kappa shape index (κ2) is 10.0. The van der Waals surface area contributed by atoms with Crippen LogP contribution in [0.25, 0.3) is 0 Å². The second-order valence-electron chi connectivity index (χ2n) is 7.08. The molecule has 0 aromatic heterocycles. The molecular weight excluding hydrogens is 366 g/mol. The number of nitrogens with zero attached hydrogens (tertiary/aromatic N) is 2. The fourth-order valence-electron chi connectivity index (χ4n) is 3.12. The molecule has 1 heterocycles. The van der Waals surface area contributed by atoms with E-state index in [1.807, 2.05) is 0 Å². The van der Waals surface area contributed by atoms with Gasteiger partial charge in [-0.3, -0.25) is 24.0 Å². The van der Waals surface area contributed by atoms with Crippen molar-refractivity contribution >= 4 is 29.5 Å². The SMILES string of the molecule is CNC(=O)[C@H](C)NC(=O)[C@H](C)N(C)C(=O)[C@H]1CCCN1C(=O)[C@H](C)NC(C)=O. The quantitative estimate of drug-likeness (QED) is 0.487. The van der Waals surface area contributed by atoms with E-state index in [0.29, 0.717) is 19.4 Å². The van der Waals surface area contributed by atoms with Gasteiger partial charge in [0.05, 0.1) is 0 Å². The Labute approximate surface area is 165 Å². The summed E-state index contributed by atoms with van der Waals surface area (Å²) < 4.78 is 0. The number of hydrogen-bond donors (Lipinski definition) is 3. The lowest BCUT2D eigenvalue weighted by Gasteiger charge is -2.32. The zero-order chi connectivity index (χ0) is 21.6. The molecule has 4 atom stereocenters. The molecular formula is C18H31N5O5. The molecule has 3 N–H and O–H groups in total. The van der Waals surface area contributed by atoms with Crippen LogP contribution in [0.4, 0.5) is 0 Å². The Morgan fingerprint density at radius 3 is 2.14 bits per heavy atom. The minimum atomic E-state index is -0.815. The van der Waals surface area contributed by atoms with Crippen LogP contribution in [0.15, 0.2) is 0 Å². The first-order valence-electron chi connectivity index (χ1n) is 9.37. The number of rotatable bonds is 7. The molecule has 0 aromatic carbocycles. The van der Waals surface area contributed by atoms with Gasteiger partial charge in [0.1, 0.15) is 24.2 Å². The maximum absolute atomic E-state index is 12.9. The van der Waals surface area contributed by atoms with Gasteiger partial charge in [0, 0.05) is 27.6 Å². The highest BCUT2D eigenvalue weighted by atomic mass is 16.2. The number of nitrogens with one attached hydrogen (secondary N) is 3. The molecule has 0 radical (unpaired) electrons. The van der Waals surface area contributed by atoms with E-state index in [-0.39, 0.29) is 23.6 Å². The predicted octanol–water partition coefficient (Wildman–Crippen LogP) is -1.40. The van der Waals surface area contributed by atoms with Gasteiger partial charge >= 0.3 is 0 Å². The van der Waals surface area contributed by atoms with Crippen LogP contribution in [0, 0.1) is 0 Å². The summed E-state index contributed by atoms with van der Waals surface area (Å²) in [4.78, 5) is 63.4. The van der Waals surface area contributed by atoms with Gasteiger partial charge in [0.25, 0.3) is 0 Å². The molecule has 1 aliphatic heterocycles. The van der Waals surface area contributed by atoms with Crippen LogP contribution in [0.5, 0.6) is 0 Å². The Bertz CT molecular complexity index is 638. The normalized spacial score (nSPS) is 19.2. The average molecular weight is 397 g/mol. The summed E-state index contributed by atoms with van der Waals surface area (Å²) in [5.74, 6) is -1.81. The standard InChI is InChI=1S/C18H31N5O5/c1-10(15(25)19-5)21-16(26)12(3)22(6)18(28)14-8-7-9-23(14)17(27)11(2)20-13(4)24/h10-12,14H,7-9H2,1-6H3,(H,19,25)(H,20,24)(H,21,26)/t10-,11-,12-,14+/m0/s1. The topological polar surface area (TPSA) is 128 Å². The van der Waals surface area contributed by atoms with Crippen molar-refractivity contribution < 1.29 is 24.0 Å². The first kappa shape index (κ1) is 23.4. The van der Waals surface area contributed by atoms with E-state index < -0.39 is 30.1 Å². The Hall–Kier alpha value is -2.65. The van der Waals surface area contributed by atoms with Crippen LogP contribution in [-0.4, -0.2) is 84.1 Å². The zero-order valence-electron chi connectivity index (χ0n) is 17.4. The largest absolute Gasteiger partial charge is 0.357 e. The van der Waals surface area contributed by atoms with Gasteiger partial charge in [-0.1, -0.05) is 0 Å². The summed E-state index contributed by atoms with van der Waals surface area (Å²) >= 11 is 0. The summed E-state index contributed by atoms with van der Waals surface area (Å²) in [6, 6.07) is -2.96. The number of likely N-dealkylation sites (tertiary alicyclic amines) is 1. The van der Waals surface area contributed by atoms with Gasteiger partial charge in [-0.25, -0.2) is 0 Å². The number of carbonyl (C=O) groups is 5. The molecule has 10 heteroatoms. The van der Waals surface area contributed by atoms with Crippen molar-refractivity contribution in [3.8, 4) is 0 Å². The number of amides is 5. The van der Waals surface area contributed by atoms with Crippen molar-refractivity contribution in [2.24, 2.45) is 0 Å². The van der Waals surface area contributed by atoms with E-state index in [9.17, 15) is 24.0 Å². The fourth-order valence-corrected chi connectivity index (χ4v) is 3.12. The Kier molecular flexibility index (Phi) is 8.39. The summed E-state index contributed by atoms with van der Waals surface area (Å²) in [6.45, 7) is 6.42. The predicted molar refractivity (Wildman–Crippen MR) is 102 cm³/mol. The summed E-state index contributed by atoms with van der Waals surface area (Å²) in [5.41, 5.74) is 0. The first-order chi connectivity index (χ1) is 13.0. The summed E-state index contributed by atoms with van der Waals surface area (Å²) in [6.07, 6.45) is 1.15. The Morgan fingerprint density at radius 1 is 1.00 bits per heavy atom. The fraction of sp³-hybridized carbons (Fsp3) is 0.722. The van der Waals surface area contributed by atoms with Crippen LogP contribution >= 0.6 is 0 Å². The minimum Gasteiger partial charge on any atom is -0.357 e. The summed E-state index contributed by atoms with van der Waals surface area (Å²) in [5, 5.41) is 7.53. The first-order valence-corrected chi connectivity index (χ1v) is 9.37. The van der Waals surface area contributed by atoms with Crippen LogP contribution in [0.2, 0.25) is 0 Å². The van der Waals surface area contributed by atoms with E-state index >= 15 is 0 Å². The molecule has 10 nitrogen and oxygen atoms in total. The monoisotopic (exact) mass is 397 g/mol. The molecule has 0 spiro atoms. The van der Waals surface area contributed by atoms with Gasteiger partial charge in [0.2, 0.25) is 29.5 Å². The van der Waals surface area contributed by atoms with Gasteiger partial charge < -0.3 is 25.8 Å². The lowest BCUT2D eigenvalue weighted by molar-refractivity contribution is -0.147. The maximum atomic E-state index is 12.9. The van der Waals surface area contributed by atoms with Crippen molar-refractivity contribution in [3.63, 3.8) is 0 Å². The molecule has 0 bridgehead atoms. The number of hydrogen-bond acceptors (Lipinski definition) is 5. The van der Waals surface area contributed by atoms with Gasteiger partial charge in [-0.2, -0.15) is 0 Å². The number of likely N-dealkylation sites (N-methyl/N-ethyl adjacent to an activating group) is 2. The van der Waals surface area contributed by atoms with Crippen molar-refractivity contribution in [1.82, 2.24) is 25.8 Å². The minimum absolute atomic E-state index is 0.324. The Morgan fingerprint density at radius 2 is 1.61 bits per heavy atom. The van der Waals surface area contributed by atoms with Crippen molar-refractivity contribution in [3.05, 3.63) is 0 Å². The molecule has 158 valence electrons. The third-order valence-corrected chi connectivity index (χ3v) is 4.92. The number of carbonyl (C=O) groups excluding carboxylic acids is 5. The maximum Gasteiger partial charge on any atom is 0.245 e. The van der Waals surface area contributed by atoms with E-state index in [1.165, 1.54) is 30.8 Å². The van der Waals surface area contributed by atoms with Gasteiger partial charge in [-0.15, -0.1) is 0 Å². The van der Waals surface area contributed by atoms with Crippen LogP contribution in [0.3, 0.4) is 0 Å². The van der Waals surface area contributed by atoms with Crippen LogP contribution in [-0.2, 0) is 24.0 Å². The molecule has 1 rings (SSSR count). The van der Waals surface area contributed by atoms with Crippen molar-refractivity contribution in [2.45, 2.75) is 64.7 Å². The molecule has 0 aromatic rings. The van der Waals surface area contributed by atoms with E-state index in [4.69, 9.17) is 0 Å². The molecule has 1 aliphatic rings. The highest BCUT2D eigenvalue weighted by Crippen LogP contribution is 2.21. The molecule has 0 saturated carbocycles. The van der Waals surface area contributed by atoms with Crippen molar-refractivity contribution in [1.29, 1.82) is 0 Å². The third-order valence-electron chi connectivity index (χ3n) is 4.92. The smallest absolute Gasteiger partial charge is 0.245 e. The molecule has 28 heavy (non-hydrogen) atoms. The zero-order valence-corrected chi connectivity index (χ0v) is 17.4. The van der Waals surface area contributed by atoms with Gasteiger partial charge in [-0.05, 0) is 33.6 Å². The van der Waals surface area contributed by atoms with E-state index in [0.717, 1.165) is 0 Å². The molecule has 1 saturated heterocycles. The molecule has 5 amide bonds. The lowest BCUT2D eigenvalue weighted by atomic mass is 10.1. The summed E-state index contributed by atoms with van der Waals surface area (Å²) in [7, 11) is 2.97. The molecule has 0 unspecified atom stereocenters. The van der Waals surface area contributed by atoms with Gasteiger partial charge in [0.15, 0.2) is 0 Å². The van der Waals surface area contributed by atoms with Crippen LogP contribution < -0.4 is 16.0 Å². The lowest BCUT2D eigenvalue weighted by Crippen LogP contribution is -2.56. The highest BCUT2D eigenvalue weighted by molar-refractivity contribution is 5.95. The molecule has 1 fully saturated rings.